The third kappa shape index (κ3) is 1.58. The molecule has 6 heteroatoms. The lowest BCUT2D eigenvalue weighted by molar-refractivity contribution is 0.744. The zero-order valence-electron chi connectivity index (χ0n) is 10.5. The quantitative estimate of drug-likeness (QED) is 0.554. The molecular formula is C14H10N6. The van der Waals surface area contributed by atoms with Crippen molar-refractivity contribution in [3.05, 3.63) is 60.7 Å². The summed E-state index contributed by atoms with van der Waals surface area (Å²) < 4.78 is 3.38. The standard InChI is InChI=1S/C14H10N6/c1-3-7-11(8-4-1)13-16-20-14(15-17-18-20)19(13)12-9-5-2-6-10-12/h1-10H. The molecular weight excluding hydrogens is 252 g/mol. The van der Waals surface area contributed by atoms with E-state index in [0.29, 0.717) is 5.78 Å². The van der Waals surface area contributed by atoms with Crippen LogP contribution in [0.3, 0.4) is 0 Å². The maximum Gasteiger partial charge on any atom is 0.278 e. The lowest BCUT2D eigenvalue weighted by Crippen LogP contribution is -1.98. The molecule has 0 fully saturated rings. The summed E-state index contributed by atoms with van der Waals surface area (Å²) in [5.41, 5.74) is 1.98. The minimum Gasteiger partial charge on any atom is -0.258 e. The van der Waals surface area contributed by atoms with Gasteiger partial charge in [0.2, 0.25) is 0 Å². The van der Waals surface area contributed by atoms with Gasteiger partial charge in [-0.2, -0.15) is 0 Å². The van der Waals surface area contributed by atoms with E-state index < -0.39 is 0 Å². The van der Waals surface area contributed by atoms with Crippen LogP contribution in [0.4, 0.5) is 0 Å². The van der Waals surface area contributed by atoms with E-state index in [0.717, 1.165) is 17.1 Å². The van der Waals surface area contributed by atoms with Crippen molar-refractivity contribution in [2.75, 3.05) is 0 Å². The number of rotatable bonds is 2. The molecule has 0 N–H and O–H groups in total. The zero-order valence-corrected chi connectivity index (χ0v) is 10.5. The number of fused-ring (bicyclic) bond motifs is 1. The summed E-state index contributed by atoms with van der Waals surface area (Å²) in [4.78, 5) is 0. The Kier molecular flexibility index (Phi) is 2.32. The first-order valence-electron chi connectivity index (χ1n) is 6.21. The molecule has 6 nitrogen and oxygen atoms in total. The molecule has 0 spiro atoms. The lowest BCUT2D eigenvalue weighted by Gasteiger charge is -2.06. The van der Waals surface area contributed by atoms with Gasteiger partial charge in [0.1, 0.15) is 0 Å². The van der Waals surface area contributed by atoms with Gasteiger partial charge in [0.25, 0.3) is 5.78 Å². The van der Waals surface area contributed by atoms with E-state index in [1.807, 2.05) is 65.2 Å². The van der Waals surface area contributed by atoms with E-state index in [1.165, 1.54) is 4.63 Å². The fraction of sp³-hybridized carbons (Fsp3) is 0. The Hall–Kier alpha value is -3.02. The molecule has 0 aliphatic heterocycles. The SMILES string of the molecule is c1ccc(-c2nn3nnnc3n2-c2ccccc2)cc1. The van der Waals surface area contributed by atoms with Crippen molar-refractivity contribution in [1.82, 2.24) is 29.8 Å². The molecule has 2 aromatic heterocycles. The van der Waals surface area contributed by atoms with Crippen molar-refractivity contribution >= 4 is 5.78 Å². The Morgan fingerprint density at radius 2 is 1.50 bits per heavy atom. The first kappa shape index (κ1) is 10.9. The summed E-state index contributed by atoms with van der Waals surface area (Å²) in [6.45, 7) is 0. The monoisotopic (exact) mass is 262 g/mol. The second-order valence-corrected chi connectivity index (χ2v) is 4.33. The molecule has 2 aromatic carbocycles. The van der Waals surface area contributed by atoms with Crippen molar-refractivity contribution in [2.24, 2.45) is 0 Å². The Morgan fingerprint density at radius 1 is 0.800 bits per heavy atom. The van der Waals surface area contributed by atoms with E-state index in [4.69, 9.17) is 0 Å². The highest BCUT2D eigenvalue weighted by molar-refractivity contribution is 5.62. The Labute approximate surface area is 114 Å². The van der Waals surface area contributed by atoms with E-state index >= 15 is 0 Å². The van der Waals surface area contributed by atoms with Crippen LogP contribution in [0.2, 0.25) is 0 Å². The van der Waals surface area contributed by atoms with E-state index in [9.17, 15) is 0 Å². The first-order chi connectivity index (χ1) is 9.93. The minimum absolute atomic E-state index is 0.593. The molecule has 0 saturated heterocycles. The van der Waals surface area contributed by atoms with Gasteiger partial charge in [-0.3, -0.25) is 4.57 Å². The highest BCUT2D eigenvalue weighted by atomic mass is 15.6. The second-order valence-electron chi connectivity index (χ2n) is 4.33. The summed E-state index contributed by atoms with van der Waals surface area (Å²) in [6.07, 6.45) is 0. The number of nitrogens with zero attached hydrogens (tertiary/aromatic N) is 6. The summed E-state index contributed by atoms with van der Waals surface area (Å²) in [6, 6.07) is 19.9. The topological polar surface area (TPSA) is 60.9 Å². The average molecular weight is 262 g/mol. The van der Waals surface area contributed by atoms with Gasteiger partial charge in [-0.05, 0) is 22.6 Å². The molecule has 0 amide bonds. The van der Waals surface area contributed by atoms with Gasteiger partial charge in [-0.15, -0.1) is 5.10 Å². The van der Waals surface area contributed by atoms with Gasteiger partial charge in [0, 0.05) is 5.56 Å². The number of aromatic nitrogens is 6. The maximum atomic E-state index is 4.46. The molecule has 0 saturated carbocycles. The van der Waals surface area contributed by atoms with Crippen LogP contribution in [-0.4, -0.2) is 29.8 Å². The number of hydrogen-bond acceptors (Lipinski definition) is 4. The van der Waals surface area contributed by atoms with Crippen LogP contribution in [0.25, 0.3) is 22.9 Å². The Bertz CT molecular complexity index is 847. The summed E-state index contributed by atoms with van der Waals surface area (Å²) in [5.74, 6) is 1.38. The number of para-hydroxylation sites is 1. The van der Waals surface area contributed by atoms with Crippen molar-refractivity contribution in [2.45, 2.75) is 0 Å². The lowest BCUT2D eigenvalue weighted by atomic mass is 10.2. The largest absolute Gasteiger partial charge is 0.278 e. The van der Waals surface area contributed by atoms with Gasteiger partial charge in [-0.1, -0.05) is 58.3 Å². The third-order valence-corrected chi connectivity index (χ3v) is 3.09. The second kappa shape index (κ2) is 4.27. The van der Waals surface area contributed by atoms with E-state index in [2.05, 4.69) is 20.6 Å². The molecule has 96 valence electrons. The smallest absolute Gasteiger partial charge is 0.258 e. The molecule has 4 rings (SSSR count). The molecule has 0 aliphatic rings. The van der Waals surface area contributed by atoms with Crippen molar-refractivity contribution < 1.29 is 0 Å². The molecule has 20 heavy (non-hydrogen) atoms. The van der Waals surface area contributed by atoms with Gasteiger partial charge < -0.3 is 0 Å². The molecule has 0 bridgehead atoms. The van der Waals surface area contributed by atoms with Crippen LogP contribution in [0.5, 0.6) is 0 Å². The van der Waals surface area contributed by atoms with E-state index in [1.54, 1.807) is 0 Å². The molecule has 2 heterocycles. The van der Waals surface area contributed by atoms with Crippen molar-refractivity contribution in [3.8, 4) is 17.1 Å². The van der Waals surface area contributed by atoms with Crippen LogP contribution in [-0.2, 0) is 0 Å². The molecule has 0 aliphatic carbocycles. The zero-order chi connectivity index (χ0) is 13.4. The normalized spacial score (nSPS) is 11.0. The molecule has 4 aromatic rings. The fourth-order valence-electron chi connectivity index (χ4n) is 2.19. The third-order valence-electron chi connectivity index (χ3n) is 3.09. The van der Waals surface area contributed by atoms with Crippen LogP contribution in [0.1, 0.15) is 0 Å². The highest BCUT2D eigenvalue weighted by Gasteiger charge is 2.16. The highest BCUT2D eigenvalue weighted by Crippen LogP contribution is 2.22. The number of tetrazole rings is 1. The first-order valence-corrected chi connectivity index (χ1v) is 6.21. The predicted molar refractivity (Wildman–Crippen MR) is 73.3 cm³/mol. The van der Waals surface area contributed by atoms with Crippen LogP contribution >= 0.6 is 0 Å². The predicted octanol–water partition coefficient (Wildman–Crippen LogP) is 1.98. The number of benzene rings is 2. The van der Waals surface area contributed by atoms with Crippen molar-refractivity contribution in [3.63, 3.8) is 0 Å². The van der Waals surface area contributed by atoms with Gasteiger partial charge in [0.15, 0.2) is 5.82 Å². The van der Waals surface area contributed by atoms with E-state index in [-0.39, 0.29) is 0 Å². The number of hydrogen-bond donors (Lipinski definition) is 0. The van der Waals surface area contributed by atoms with Gasteiger partial charge in [-0.25, -0.2) is 0 Å². The molecule has 0 unspecified atom stereocenters. The summed E-state index contributed by atoms with van der Waals surface area (Å²) in [5, 5.41) is 16.0. The van der Waals surface area contributed by atoms with Gasteiger partial charge in [0.05, 0.1) is 5.69 Å². The molecule has 0 atom stereocenters. The van der Waals surface area contributed by atoms with Crippen LogP contribution in [0.15, 0.2) is 60.7 Å². The van der Waals surface area contributed by atoms with Crippen molar-refractivity contribution in [1.29, 1.82) is 0 Å². The Morgan fingerprint density at radius 3 is 2.25 bits per heavy atom. The summed E-state index contributed by atoms with van der Waals surface area (Å²) in [7, 11) is 0. The van der Waals surface area contributed by atoms with Crippen LogP contribution in [0, 0.1) is 0 Å². The average Bonchev–Trinajstić information content (AvgIpc) is 3.09. The fourth-order valence-corrected chi connectivity index (χ4v) is 2.19. The Balaban J connectivity index is 2.05. The minimum atomic E-state index is 0.593. The van der Waals surface area contributed by atoms with Crippen LogP contribution < -0.4 is 0 Å². The maximum absolute atomic E-state index is 4.46. The van der Waals surface area contributed by atoms with Gasteiger partial charge >= 0.3 is 0 Å². The summed E-state index contributed by atoms with van der Waals surface area (Å²) >= 11 is 0. The molecule has 0 radical (unpaired) electrons.